The van der Waals surface area contributed by atoms with Crippen LogP contribution in [-0.4, -0.2) is 28.2 Å². The summed E-state index contributed by atoms with van der Waals surface area (Å²) in [4.78, 5) is 24.5. The van der Waals surface area contributed by atoms with Crippen molar-refractivity contribution in [3.8, 4) is 11.4 Å². The highest BCUT2D eigenvalue weighted by Crippen LogP contribution is 2.31. The minimum atomic E-state index is -0.287. The molecule has 0 spiro atoms. The van der Waals surface area contributed by atoms with Gasteiger partial charge < -0.3 is 15.4 Å². The minimum Gasteiger partial charge on any atom is -0.482 e. The number of benzene rings is 2. The van der Waals surface area contributed by atoms with Crippen LogP contribution in [0.15, 0.2) is 48.7 Å². The van der Waals surface area contributed by atoms with Gasteiger partial charge in [-0.1, -0.05) is 31.5 Å². The van der Waals surface area contributed by atoms with Crippen LogP contribution in [0.2, 0.25) is 5.02 Å². The van der Waals surface area contributed by atoms with E-state index in [9.17, 15) is 9.59 Å². The van der Waals surface area contributed by atoms with Crippen LogP contribution in [0.5, 0.6) is 5.75 Å². The molecule has 7 nitrogen and oxygen atoms in total. The fourth-order valence-electron chi connectivity index (χ4n) is 3.26. The number of ether oxygens (including phenoxy) is 1. The van der Waals surface area contributed by atoms with Crippen molar-refractivity contribution in [1.29, 1.82) is 0 Å². The summed E-state index contributed by atoms with van der Waals surface area (Å²) in [7, 11) is 0. The number of rotatable bonds is 4. The van der Waals surface area contributed by atoms with Crippen molar-refractivity contribution in [2.75, 3.05) is 17.2 Å². The molecule has 0 saturated heterocycles. The molecule has 0 bridgehead atoms. The van der Waals surface area contributed by atoms with Gasteiger partial charge in [-0.25, -0.2) is 4.68 Å². The van der Waals surface area contributed by atoms with Gasteiger partial charge in [-0.15, -0.1) is 0 Å². The van der Waals surface area contributed by atoms with Crippen molar-refractivity contribution in [2.45, 2.75) is 19.8 Å². The third-order valence-corrected chi connectivity index (χ3v) is 4.76. The molecule has 0 unspecified atom stereocenters. The zero-order chi connectivity index (χ0) is 20.5. The van der Waals surface area contributed by atoms with Crippen LogP contribution in [0.4, 0.5) is 11.4 Å². The summed E-state index contributed by atoms with van der Waals surface area (Å²) in [5.41, 5.74) is 3.11. The Morgan fingerprint density at radius 2 is 2.10 bits per heavy atom. The molecule has 0 fully saturated rings. The van der Waals surface area contributed by atoms with E-state index in [-0.39, 0.29) is 24.3 Å². The molecular weight excluding hydrogens is 392 g/mol. The molecule has 4 rings (SSSR count). The van der Waals surface area contributed by atoms with Crippen molar-refractivity contribution in [3.63, 3.8) is 0 Å². The van der Waals surface area contributed by atoms with E-state index in [0.717, 1.165) is 11.4 Å². The van der Waals surface area contributed by atoms with E-state index in [2.05, 4.69) is 15.7 Å². The number of anilines is 2. The number of carbonyl (C=O) groups is 2. The SMILES string of the molecule is CC(C)c1c(C(=O)Nc2ccc3c(c2)NC(=O)CO3)cnn1-c1cccc(Cl)c1. The first-order valence-electron chi connectivity index (χ1n) is 9.14. The maximum Gasteiger partial charge on any atom is 0.262 e. The average Bonchev–Trinajstić information content (AvgIpc) is 3.13. The fraction of sp³-hybridized carbons (Fsp3) is 0.190. The first kappa shape index (κ1) is 19.0. The van der Waals surface area contributed by atoms with Gasteiger partial charge in [0, 0.05) is 10.7 Å². The van der Waals surface area contributed by atoms with Crippen molar-refractivity contribution in [2.24, 2.45) is 0 Å². The van der Waals surface area contributed by atoms with Crippen LogP contribution in [-0.2, 0) is 4.79 Å². The molecule has 8 heteroatoms. The molecule has 2 heterocycles. The van der Waals surface area contributed by atoms with E-state index >= 15 is 0 Å². The smallest absolute Gasteiger partial charge is 0.262 e. The van der Waals surface area contributed by atoms with Crippen LogP contribution in [0.3, 0.4) is 0 Å². The topological polar surface area (TPSA) is 85.2 Å². The summed E-state index contributed by atoms with van der Waals surface area (Å²) < 4.78 is 7.07. The highest BCUT2D eigenvalue weighted by atomic mass is 35.5. The van der Waals surface area contributed by atoms with Crippen molar-refractivity contribution in [3.05, 3.63) is 64.9 Å². The van der Waals surface area contributed by atoms with E-state index in [0.29, 0.717) is 27.7 Å². The Bertz CT molecular complexity index is 1110. The second-order valence-corrected chi connectivity index (χ2v) is 7.43. The lowest BCUT2D eigenvalue weighted by molar-refractivity contribution is -0.118. The molecule has 148 valence electrons. The Kier molecular flexibility index (Phi) is 4.98. The predicted octanol–water partition coefficient (Wildman–Crippen LogP) is 4.23. The van der Waals surface area contributed by atoms with Gasteiger partial charge in [0.1, 0.15) is 5.75 Å². The summed E-state index contributed by atoms with van der Waals surface area (Å²) in [6, 6.07) is 12.4. The Hall–Kier alpha value is -3.32. The summed E-state index contributed by atoms with van der Waals surface area (Å²) in [6.07, 6.45) is 1.55. The van der Waals surface area contributed by atoms with Gasteiger partial charge in [0.2, 0.25) is 0 Å². The number of halogens is 1. The first-order chi connectivity index (χ1) is 13.9. The van der Waals surface area contributed by atoms with E-state index in [4.69, 9.17) is 16.3 Å². The van der Waals surface area contributed by atoms with E-state index in [1.54, 1.807) is 41.2 Å². The Labute approximate surface area is 172 Å². The van der Waals surface area contributed by atoms with E-state index in [1.807, 2.05) is 26.0 Å². The van der Waals surface area contributed by atoms with Gasteiger partial charge in [-0.05, 0) is 42.3 Å². The molecule has 0 atom stereocenters. The Morgan fingerprint density at radius 1 is 1.28 bits per heavy atom. The summed E-state index contributed by atoms with van der Waals surface area (Å²) in [5, 5.41) is 10.6. The third-order valence-electron chi connectivity index (χ3n) is 4.52. The van der Waals surface area contributed by atoms with Gasteiger partial charge in [-0.3, -0.25) is 9.59 Å². The van der Waals surface area contributed by atoms with Gasteiger partial charge in [0.05, 0.1) is 28.8 Å². The van der Waals surface area contributed by atoms with Crippen LogP contribution in [0, 0.1) is 0 Å². The van der Waals surface area contributed by atoms with Gasteiger partial charge in [0.15, 0.2) is 6.61 Å². The molecule has 0 aliphatic carbocycles. The van der Waals surface area contributed by atoms with Crippen LogP contribution in [0.25, 0.3) is 5.69 Å². The fourth-order valence-corrected chi connectivity index (χ4v) is 3.45. The average molecular weight is 411 g/mol. The summed E-state index contributed by atoms with van der Waals surface area (Å²) >= 11 is 6.11. The standard InChI is InChI=1S/C21H19ClN4O3/c1-12(2)20-16(10-23-26(20)15-5-3-4-13(22)8-15)21(28)24-14-6-7-18-17(9-14)25-19(27)11-29-18/h3-10,12H,11H2,1-2H3,(H,24,28)(H,25,27). The first-order valence-corrected chi connectivity index (χ1v) is 9.52. The number of aromatic nitrogens is 2. The molecule has 1 aliphatic rings. The molecule has 3 aromatic rings. The maximum absolute atomic E-state index is 13.0. The number of fused-ring (bicyclic) bond motifs is 1. The number of nitrogens with zero attached hydrogens (tertiary/aromatic N) is 2. The van der Waals surface area contributed by atoms with Crippen molar-refractivity contribution < 1.29 is 14.3 Å². The Balaban J connectivity index is 1.64. The highest BCUT2D eigenvalue weighted by molar-refractivity contribution is 6.30. The predicted molar refractivity (Wildman–Crippen MR) is 111 cm³/mol. The molecule has 1 aliphatic heterocycles. The van der Waals surface area contributed by atoms with Gasteiger partial charge in [0.25, 0.3) is 11.8 Å². The van der Waals surface area contributed by atoms with Gasteiger partial charge >= 0.3 is 0 Å². The summed E-state index contributed by atoms with van der Waals surface area (Å²) in [5.74, 6) is 0.101. The minimum absolute atomic E-state index is 0.0147. The zero-order valence-electron chi connectivity index (χ0n) is 15.9. The lowest BCUT2D eigenvalue weighted by Gasteiger charge is -2.18. The van der Waals surface area contributed by atoms with Gasteiger partial charge in [-0.2, -0.15) is 5.10 Å². The van der Waals surface area contributed by atoms with E-state index < -0.39 is 0 Å². The van der Waals surface area contributed by atoms with Crippen LogP contribution < -0.4 is 15.4 Å². The number of carbonyl (C=O) groups excluding carboxylic acids is 2. The number of amides is 2. The zero-order valence-corrected chi connectivity index (χ0v) is 16.7. The highest BCUT2D eigenvalue weighted by Gasteiger charge is 2.22. The molecule has 1 aromatic heterocycles. The molecule has 29 heavy (non-hydrogen) atoms. The summed E-state index contributed by atoms with van der Waals surface area (Å²) in [6.45, 7) is 3.99. The third kappa shape index (κ3) is 3.82. The van der Waals surface area contributed by atoms with Crippen LogP contribution in [0.1, 0.15) is 35.8 Å². The molecule has 0 radical (unpaired) electrons. The molecule has 2 amide bonds. The lowest BCUT2D eigenvalue weighted by atomic mass is 10.0. The van der Waals surface area contributed by atoms with Crippen molar-refractivity contribution in [1.82, 2.24) is 9.78 Å². The molecule has 2 aromatic carbocycles. The molecule has 2 N–H and O–H groups in total. The Morgan fingerprint density at radius 3 is 2.86 bits per heavy atom. The number of hydrogen-bond donors (Lipinski definition) is 2. The number of hydrogen-bond acceptors (Lipinski definition) is 4. The second kappa shape index (κ2) is 7.60. The quantitative estimate of drug-likeness (QED) is 0.673. The monoisotopic (exact) mass is 410 g/mol. The number of nitrogens with one attached hydrogen (secondary N) is 2. The lowest BCUT2D eigenvalue weighted by Crippen LogP contribution is -2.25. The maximum atomic E-state index is 13.0. The van der Waals surface area contributed by atoms with Crippen molar-refractivity contribution >= 4 is 34.8 Å². The van der Waals surface area contributed by atoms with Crippen LogP contribution >= 0.6 is 11.6 Å². The second-order valence-electron chi connectivity index (χ2n) is 6.99. The molecule has 0 saturated carbocycles. The molecular formula is C21H19ClN4O3. The largest absolute Gasteiger partial charge is 0.482 e. The normalized spacial score (nSPS) is 12.9. The van der Waals surface area contributed by atoms with E-state index in [1.165, 1.54) is 0 Å².